The van der Waals surface area contributed by atoms with Crippen molar-refractivity contribution >= 4 is 29.7 Å². The minimum atomic E-state index is -0.730. The summed E-state index contributed by atoms with van der Waals surface area (Å²) in [6.45, 7) is 0.839. The lowest BCUT2D eigenvalue weighted by Gasteiger charge is -1.98. The van der Waals surface area contributed by atoms with Gasteiger partial charge in [0.2, 0.25) is 0 Å². The van der Waals surface area contributed by atoms with Crippen molar-refractivity contribution in [3.63, 3.8) is 0 Å². The number of carboxylic acids is 1. The highest BCUT2D eigenvalue weighted by Crippen LogP contribution is 2.13. The number of aryl methyl sites for hydroxylation is 1. The van der Waals surface area contributed by atoms with E-state index in [4.69, 9.17) is 16.7 Å². The first kappa shape index (κ1) is 16.2. The van der Waals surface area contributed by atoms with E-state index in [0.29, 0.717) is 6.42 Å². The van der Waals surface area contributed by atoms with E-state index in [0.717, 1.165) is 29.1 Å². The highest BCUT2D eigenvalue weighted by Gasteiger charge is 2.02. The monoisotopic (exact) mass is 316 g/mol. The van der Waals surface area contributed by atoms with Crippen LogP contribution in [0.2, 0.25) is 5.02 Å². The summed E-state index contributed by atoms with van der Waals surface area (Å²) in [7, 11) is 0. The lowest BCUT2D eigenvalue weighted by atomic mass is 10.1. The van der Waals surface area contributed by atoms with E-state index in [-0.39, 0.29) is 6.42 Å². The Morgan fingerprint density at radius 2 is 1.82 bits per heavy atom. The summed E-state index contributed by atoms with van der Waals surface area (Å²) < 4.78 is 2.07. The molecule has 22 heavy (non-hydrogen) atoms. The molecule has 0 saturated heterocycles. The first-order valence-corrected chi connectivity index (χ1v) is 7.66. The molecule has 0 fully saturated rings. The molecule has 1 N–H and O–H groups in total. The van der Waals surface area contributed by atoms with Gasteiger partial charge in [-0.25, -0.2) is 4.57 Å². The first-order chi connectivity index (χ1) is 10.6. The maximum Gasteiger partial charge on any atom is 0.303 e. The summed E-state index contributed by atoms with van der Waals surface area (Å²) in [6, 6.07) is 11.8. The number of aliphatic carboxylic acids is 1. The topological polar surface area (TPSA) is 41.2 Å². The average Bonchev–Trinajstić information content (AvgIpc) is 2.51. The molecule has 0 aliphatic heterocycles. The zero-order chi connectivity index (χ0) is 15.8. The Kier molecular flexibility index (Phi) is 6.16. The molecule has 0 atom stereocenters. The maximum absolute atomic E-state index is 10.4. The van der Waals surface area contributed by atoms with Gasteiger partial charge < -0.3 is 5.11 Å². The van der Waals surface area contributed by atoms with Crippen molar-refractivity contribution in [2.24, 2.45) is 0 Å². The SMILES string of the molecule is O=C(O)CCCC[n+]1ccc(/C=C\c2cccc(Cl)c2)cc1. The summed E-state index contributed by atoms with van der Waals surface area (Å²) in [4.78, 5) is 10.4. The molecule has 2 rings (SSSR count). The van der Waals surface area contributed by atoms with Crippen LogP contribution in [0, 0.1) is 0 Å². The predicted molar refractivity (Wildman–Crippen MR) is 88.5 cm³/mol. The van der Waals surface area contributed by atoms with Gasteiger partial charge >= 0.3 is 5.97 Å². The van der Waals surface area contributed by atoms with Gasteiger partial charge in [0.1, 0.15) is 6.54 Å². The van der Waals surface area contributed by atoms with Crippen LogP contribution in [0.1, 0.15) is 30.4 Å². The van der Waals surface area contributed by atoms with Gasteiger partial charge in [-0.15, -0.1) is 0 Å². The lowest BCUT2D eigenvalue weighted by molar-refractivity contribution is -0.697. The Morgan fingerprint density at radius 1 is 1.09 bits per heavy atom. The van der Waals surface area contributed by atoms with Gasteiger partial charge in [0.05, 0.1) is 0 Å². The van der Waals surface area contributed by atoms with Crippen molar-refractivity contribution in [2.45, 2.75) is 25.8 Å². The van der Waals surface area contributed by atoms with Crippen molar-refractivity contribution in [1.29, 1.82) is 0 Å². The van der Waals surface area contributed by atoms with Crippen molar-refractivity contribution < 1.29 is 14.5 Å². The zero-order valence-electron chi connectivity index (χ0n) is 12.3. The van der Waals surface area contributed by atoms with E-state index in [2.05, 4.69) is 4.57 Å². The van der Waals surface area contributed by atoms with E-state index < -0.39 is 5.97 Å². The second-order valence-corrected chi connectivity index (χ2v) is 5.54. The van der Waals surface area contributed by atoms with E-state index in [1.165, 1.54) is 0 Å². The number of rotatable bonds is 7. The van der Waals surface area contributed by atoms with Crippen molar-refractivity contribution in [2.75, 3.05) is 0 Å². The van der Waals surface area contributed by atoms with E-state index in [1.807, 2.05) is 60.9 Å². The van der Waals surface area contributed by atoms with Crippen molar-refractivity contribution in [3.05, 3.63) is 64.9 Å². The number of halogens is 1. The molecule has 0 aliphatic carbocycles. The van der Waals surface area contributed by atoms with Crippen LogP contribution in [0.5, 0.6) is 0 Å². The van der Waals surface area contributed by atoms with Crippen LogP contribution >= 0.6 is 11.6 Å². The quantitative estimate of drug-likeness (QED) is 0.618. The Bertz CT molecular complexity index is 650. The third-order valence-corrected chi connectivity index (χ3v) is 3.53. The Morgan fingerprint density at radius 3 is 2.50 bits per heavy atom. The molecule has 0 saturated carbocycles. The minimum Gasteiger partial charge on any atom is -0.481 e. The smallest absolute Gasteiger partial charge is 0.303 e. The van der Waals surface area contributed by atoms with Crippen LogP contribution in [0.3, 0.4) is 0 Å². The summed E-state index contributed by atoms with van der Waals surface area (Å²) >= 11 is 5.95. The molecule has 0 aliphatic rings. The highest BCUT2D eigenvalue weighted by atomic mass is 35.5. The molecule has 1 aromatic carbocycles. The van der Waals surface area contributed by atoms with E-state index >= 15 is 0 Å². The van der Waals surface area contributed by atoms with E-state index in [1.54, 1.807) is 0 Å². The molecule has 3 nitrogen and oxygen atoms in total. The maximum atomic E-state index is 10.4. The normalized spacial score (nSPS) is 11.0. The predicted octanol–water partition coefficient (Wildman–Crippen LogP) is 4.05. The first-order valence-electron chi connectivity index (χ1n) is 7.28. The lowest BCUT2D eigenvalue weighted by Crippen LogP contribution is -2.32. The largest absolute Gasteiger partial charge is 0.481 e. The second kappa shape index (κ2) is 8.35. The zero-order valence-corrected chi connectivity index (χ0v) is 13.0. The van der Waals surface area contributed by atoms with Gasteiger partial charge in [0, 0.05) is 30.0 Å². The fraction of sp³-hybridized carbons (Fsp3) is 0.222. The number of hydrogen-bond acceptors (Lipinski definition) is 1. The van der Waals surface area contributed by atoms with Gasteiger partial charge in [-0.2, -0.15) is 0 Å². The van der Waals surface area contributed by atoms with Crippen LogP contribution in [-0.2, 0) is 11.3 Å². The highest BCUT2D eigenvalue weighted by molar-refractivity contribution is 6.30. The fourth-order valence-electron chi connectivity index (χ4n) is 2.10. The number of hydrogen-bond donors (Lipinski definition) is 1. The molecule has 0 amide bonds. The van der Waals surface area contributed by atoms with Gasteiger partial charge in [-0.3, -0.25) is 4.79 Å². The second-order valence-electron chi connectivity index (χ2n) is 5.11. The number of carboxylic acid groups (broad SMARTS) is 1. The summed E-state index contributed by atoms with van der Waals surface area (Å²) in [5, 5.41) is 9.33. The standard InChI is InChI=1S/C18H18ClNO2/c19-17-5-3-4-16(14-17)8-7-15-9-12-20(13-10-15)11-2-1-6-18(21)22/h3-5,7-10,12-14H,1-2,6,11H2/p+1/b8-7-. The number of nitrogens with zero attached hydrogens (tertiary/aromatic N) is 1. The average molecular weight is 317 g/mol. The van der Waals surface area contributed by atoms with Crippen LogP contribution in [0.4, 0.5) is 0 Å². The Labute approximate surface area is 135 Å². The number of pyridine rings is 1. The van der Waals surface area contributed by atoms with Crippen LogP contribution < -0.4 is 4.57 Å². The third kappa shape index (κ3) is 5.70. The molecule has 0 radical (unpaired) electrons. The van der Waals surface area contributed by atoms with Crippen molar-refractivity contribution in [1.82, 2.24) is 0 Å². The number of carbonyl (C=O) groups is 1. The van der Waals surface area contributed by atoms with Crippen LogP contribution in [0.15, 0.2) is 48.8 Å². The molecule has 1 heterocycles. The number of benzene rings is 1. The van der Waals surface area contributed by atoms with Gasteiger partial charge in [0.15, 0.2) is 12.4 Å². The Hall–Kier alpha value is -2.13. The van der Waals surface area contributed by atoms with Crippen LogP contribution in [0.25, 0.3) is 12.2 Å². The summed E-state index contributed by atoms with van der Waals surface area (Å²) in [5.41, 5.74) is 2.18. The molecule has 0 bridgehead atoms. The van der Waals surface area contributed by atoms with Crippen molar-refractivity contribution in [3.8, 4) is 0 Å². The third-order valence-electron chi connectivity index (χ3n) is 3.29. The molecule has 1 aromatic heterocycles. The fourth-order valence-corrected chi connectivity index (χ4v) is 2.30. The molecule has 4 heteroatoms. The van der Waals surface area contributed by atoms with Crippen LogP contribution in [-0.4, -0.2) is 11.1 Å². The molecule has 0 spiro atoms. The Balaban J connectivity index is 1.87. The van der Waals surface area contributed by atoms with E-state index in [9.17, 15) is 4.79 Å². The molecular weight excluding hydrogens is 298 g/mol. The number of aromatic nitrogens is 1. The van der Waals surface area contributed by atoms with Gasteiger partial charge in [-0.1, -0.05) is 35.9 Å². The number of unbranched alkanes of at least 4 members (excludes halogenated alkanes) is 1. The van der Waals surface area contributed by atoms with Gasteiger partial charge in [-0.05, 0) is 29.7 Å². The summed E-state index contributed by atoms with van der Waals surface area (Å²) in [6.07, 6.45) is 9.91. The minimum absolute atomic E-state index is 0.237. The molecule has 2 aromatic rings. The molecule has 114 valence electrons. The molecular formula is C18H19ClNO2+. The van der Waals surface area contributed by atoms with Gasteiger partial charge in [0.25, 0.3) is 0 Å². The summed E-state index contributed by atoms with van der Waals surface area (Å²) in [5.74, 6) is -0.730. The molecule has 0 unspecified atom stereocenters.